The monoisotopic (exact) mass is 476 g/mol. The summed E-state index contributed by atoms with van der Waals surface area (Å²) in [5, 5.41) is 12.9. The Morgan fingerprint density at radius 3 is 2.27 bits per heavy atom. The van der Waals surface area contributed by atoms with E-state index in [0.29, 0.717) is 22.7 Å². The third kappa shape index (κ3) is 6.38. The van der Waals surface area contributed by atoms with Crippen LogP contribution in [0.4, 0.5) is 5.69 Å². The van der Waals surface area contributed by atoms with Crippen LogP contribution >= 0.6 is 11.6 Å². The van der Waals surface area contributed by atoms with Crippen LogP contribution < -0.4 is 10.1 Å². The number of carbonyl (C=O) groups excluding carboxylic acids is 3. The molecule has 0 atom stereocenters. The highest BCUT2D eigenvalue weighted by molar-refractivity contribution is 6.37. The highest BCUT2D eigenvalue weighted by Gasteiger charge is 2.25. The Morgan fingerprint density at radius 1 is 1.09 bits per heavy atom. The Kier molecular flexibility index (Phi) is 8.70. The number of nitrogens with one attached hydrogen (secondary N) is 1. The van der Waals surface area contributed by atoms with Crippen molar-refractivity contribution in [3.63, 3.8) is 0 Å². The number of hydrogen-bond donors (Lipinski definition) is 2. The number of hydrogen-bond acceptors (Lipinski definition) is 6. The van der Waals surface area contributed by atoms with E-state index in [1.165, 1.54) is 24.3 Å². The molecule has 2 aromatic carbocycles. The molecule has 0 aromatic heterocycles. The number of amides is 2. The predicted molar refractivity (Wildman–Crippen MR) is 126 cm³/mol. The van der Waals surface area contributed by atoms with Gasteiger partial charge in [-0.25, -0.2) is 4.79 Å². The second-order valence-corrected chi connectivity index (χ2v) is 8.37. The molecule has 178 valence electrons. The van der Waals surface area contributed by atoms with Crippen molar-refractivity contribution in [3.05, 3.63) is 46.5 Å². The number of halogens is 1. The fourth-order valence-electron chi connectivity index (χ4n) is 3.38. The van der Waals surface area contributed by atoms with E-state index in [1.54, 1.807) is 24.8 Å². The number of carbonyl (C=O) groups is 3. The molecule has 0 saturated carbocycles. The molecule has 8 nitrogen and oxygen atoms in total. The summed E-state index contributed by atoms with van der Waals surface area (Å²) in [5.74, 6) is -1.77. The summed E-state index contributed by atoms with van der Waals surface area (Å²) in [7, 11) is 0. The van der Waals surface area contributed by atoms with Gasteiger partial charge in [0.2, 0.25) is 0 Å². The van der Waals surface area contributed by atoms with E-state index in [-0.39, 0.29) is 40.9 Å². The Bertz CT molecular complexity index is 1020. The van der Waals surface area contributed by atoms with Crippen LogP contribution in [0, 0.1) is 6.92 Å². The molecule has 2 rings (SSSR count). The van der Waals surface area contributed by atoms with Crippen LogP contribution in [0.25, 0.3) is 0 Å². The fourth-order valence-corrected chi connectivity index (χ4v) is 3.69. The largest absolute Gasteiger partial charge is 0.507 e. The first-order chi connectivity index (χ1) is 15.5. The van der Waals surface area contributed by atoms with E-state index in [0.717, 1.165) is 0 Å². The van der Waals surface area contributed by atoms with Crippen molar-refractivity contribution >= 4 is 35.1 Å². The second kappa shape index (κ2) is 11.0. The summed E-state index contributed by atoms with van der Waals surface area (Å²) < 4.78 is 10.6. The Balaban J connectivity index is 2.31. The van der Waals surface area contributed by atoms with Crippen molar-refractivity contribution in [3.8, 4) is 17.2 Å². The zero-order valence-electron chi connectivity index (χ0n) is 19.6. The molecule has 0 radical (unpaired) electrons. The molecular weight excluding hydrogens is 448 g/mol. The van der Waals surface area contributed by atoms with Crippen molar-refractivity contribution < 1.29 is 29.0 Å². The second-order valence-electron chi connectivity index (χ2n) is 7.96. The summed E-state index contributed by atoms with van der Waals surface area (Å²) in [6, 6.07) is 7.27. The number of phenolic OH excluding ortho intramolecular Hbond substituents is 1. The number of ether oxygens (including phenoxy) is 2. The Morgan fingerprint density at radius 2 is 1.73 bits per heavy atom. The summed E-state index contributed by atoms with van der Waals surface area (Å²) in [4.78, 5) is 38.1. The third-order valence-electron chi connectivity index (χ3n) is 4.71. The van der Waals surface area contributed by atoms with Crippen LogP contribution in [0.3, 0.4) is 0 Å². The van der Waals surface area contributed by atoms with Gasteiger partial charge in [-0.3, -0.25) is 9.59 Å². The van der Waals surface area contributed by atoms with Crippen molar-refractivity contribution in [2.75, 3.05) is 11.9 Å². The van der Waals surface area contributed by atoms with Gasteiger partial charge in [0.05, 0.1) is 17.2 Å². The van der Waals surface area contributed by atoms with Gasteiger partial charge in [-0.1, -0.05) is 11.6 Å². The Labute approximate surface area is 198 Å². The molecule has 0 bridgehead atoms. The van der Waals surface area contributed by atoms with E-state index in [9.17, 15) is 19.5 Å². The van der Waals surface area contributed by atoms with Crippen LogP contribution in [0.2, 0.25) is 5.02 Å². The molecule has 0 aliphatic rings. The molecule has 33 heavy (non-hydrogen) atoms. The number of benzene rings is 2. The Hall–Kier alpha value is -3.26. The molecule has 0 aliphatic heterocycles. The van der Waals surface area contributed by atoms with Crippen LogP contribution in [0.5, 0.6) is 17.2 Å². The average Bonchev–Trinajstić information content (AvgIpc) is 2.71. The van der Waals surface area contributed by atoms with Gasteiger partial charge in [-0.05, 0) is 77.4 Å². The molecule has 2 amide bonds. The van der Waals surface area contributed by atoms with Gasteiger partial charge in [0.1, 0.15) is 17.2 Å². The third-order valence-corrected chi connectivity index (χ3v) is 4.99. The van der Waals surface area contributed by atoms with E-state index >= 15 is 0 Å². The van der Waals surface area contributed by atoms with E-state index in [4.69, 9.17) is 16.3 Å². The molecule has 2 N–H and O–H groups in total. The van der Waals surface area contributed by atoms with Gasteiger partial charge >= 0.3 is 11.9 Å². The zero-order chi connectivity index (χ0) is 24.9. The quantitative estimate of drug-likeness (QED) is 0.434. The maximum atomic E-state index is 13.0. The number of anilines is 1. The highest BCUT2D eigenvalue weighted by Crippen LogP contribution is 2.37. The molecule has 2 aromatic rings. The van der Waals surface area contributed by atoms with Crippen molar-refractivity contribution in [1.82, 2.24) is 4.90 Å². The number of nitrogens with zero attached hydrogens (tertiary/aromatic N) is 1. The minimum Gasteiger partial charge on any atom is -0.507 e. The molecule has 0 saturated heterocycles. The number of esters is 1. The van der Waals surface area contributed by atoms with E-state index < -0.39 is 11.9 Å². The molecule has 9 heteroatoms. The first-order valence-electron chi connectivity index (χ1n) is 10.6. The minimum atomic E-state index is -0.996. The van der Waals surface area contributed by atoms with Gasteiger partial charge < -0.3 is 24.8 Å². The molecule has 0 spiro atoms. The normalized spacial score (nSPS) is 10.8. The van der Waals surface area contributed by atoms with Crippen LogP contribution in [-0.4, -0.2) is 46.5 Å². The molecule has 0 aliphatic carbocycles. The number of aryl methyl sites for hydroxylation is 1. The van der Waals surface area contributed by atoms with Gasteiger partial charge in [0, 0.05) is 17.8 Å². The first-order valence-corrected chi connectivity index (χ1v) is 11.0. The topological polar surface area (TPSA) is 105 Å². The molecule has 0 fully saturated rings. The van der Waals surface area contributed by atoms with Crippen molar-refractivity contribution in [2.45, 2.75) is 53.6 Å². The van der Waals surface area contributed by atoms with Gasteiger partial charge in [0.15, 0.2) is 0 Å². The van der Waals surface area contributed by atoms with Crippen LogP contribution in [-0.2, 0) is 14.3 Å². The fraction of sp³-hybridized carbons (Fsp3) is 0.375. The van der Waals surface area contributed by atoms with Crippen molar-refractivity contribution in [1.29, 1.82) is 0 Å². The van der Waals surface area contributed by atoms with Crippen molar-refractivity contribution in [2.24, 2.45) is 0 Å². The van der Waals surface area contributed by atoms with Gasteiger partial charge in [0.25, 0.3) is 5.91 Å². The van der Waals surface area contributed by atoms with Crippen LogP contribution in [0.1, 0.15) is 50.5 Å². The van der Waals surface area contributed by atoms with Crippen LogP contribution in [0.15, 0.2) is 30.3 Å². The lowest BCUT2D eigenvalue weighted by Gasteiger charge is -2.31. The number of rotatable bonds is 7. The predicted octanol–water partition coefficient (Wildman–Crippen LogP) is 4.91. The van der Waals surface area contributed by atoms with Gasteiger partial charge in [-0.15, -0.1) is 0 Å². The summed E-state index contributed by atoms with van der Waals surface area (Å²) in [5.41, 5.74) is 0.990. The van der Waals surface area contributed by atoms with E-state index in [2.05, 4.69) is 10.1 Å². The summed E-state index contributed by atoms with van der Waals surface area (Å²) in [6.45, 7) is 11.0. The maximum Gasteiger partial charge on any atom is 0.397 e. The average molecular weight is 477 g/mol. The molecule has 0 unspecified atom stereocenters. The first kappa shape index (κ1) is 26.0. The lowest BCUT2D eigenvalue weighted by atomic mass is 10.1. The standard InChI is InChI=1S/C24H29ClN2O6/c1-7-32-24(31)22(29)26-16-10-15(6)21(19(25)11-16)33-17-8-9-20(28)18(12-17)23(30)27(13(2)3)14(4)5/h8-14,28H,7H2,1-6H3,(H,26,29). The minimum absolute atomic E-state index is 0.0597. The molecular formula is C24H29ClN2O6. The lowest BCUT2D eigenvalue weighted by molar-refractivity contribution is -0.152. The molecule has 0 heterocycles. The summed E-state index contributed by atoms with van der Waals surface area (Å²) in [6.07, 6.45) is 0. The number of aromatic hydroxyl groups is 1. The maximum absolute atomic E-state index is 13.0. The SMILES string of the molecule is CCOC(=O)C(=O)Nc1cc(C)c(Oc2ccc(O)c(C(=O)N(C(C)C)C(C)C)c2)c(Cl)c1. The lowest BCUT2D eigenvalue weighted by Crippen LogP contribution is -2.42. The zero-order valence-corrected chi connectivity index (χ0v) is 20.3. The summed E-state index contributed by atoms with van der Waals surface area (Å²) >= 11 is 6.36. The van der Waals surface area contributed by atoms with Gasteiger partial charge in [-0.2, -0.15) is 0 Å². The number of phenols is 1. The van der Waals surface area contributed by atoms with E-state index in [1.807, 2.05) is 27.7 Å². The highest BCUT2D eigenvalue weighted by atomic mass is 35.5. The smallest absolute Gasteiger partial charge is 0.397 e.